The number of aryl methyl sites for hydroxylation is 3. The number of halogens is 3. The number of hydrogen-bond donors (Lipinski definition) is 4. The number of likely N-dealkylation sites (N-methyl/N-ethyl adjacent to an activating group) is 2. The number of nitrogens with zero attached hydrogens (tertiary/aromatic N) is 17. The highest BCUT2D eigenvalue weighted by molar-refractivity contribution is 5.96. The molecular weight excluding hydrogens is 1420 g/mol. The monoisotopic (exact) mass is 1500 g/mol. The molecule has 12 aromatic rings. The van der Waals surface area contributed by atoms with E-state index < -0.39 is 17.5 Å². The smallest absolute Gasteiger partial charge is 0.288 e. The van der Waals surface area contributed by atoms with Crippen molar-refractivity contribution in [1.29, 1.82) is 0 Å². The molecule has 6 aromatic heterocycles. The number of ether oxygens (including phenoxy) is 3. The molecule has 564 valence electrons. The second-order valence-electron chi connectivity index (χ2n) is 26.6. The maximum absolute atomic E-state index is 15.3. The molecule has 9 heterocycles. The van der Waals surface area contributed by atoms with E-state index in [-0.39, 0.29) is 103 Å². The lowest BCUT2D eigenvalue weighted by atomic mass is 10.2. The van der Waals surface area contributed by atoms with Gasteiger partial charge in [0.25, 0.3) is 17.1 Å². The van der Waals surface area contributed by atoms with Crippen molar-refractivity contribution in [2.45, 2.75) is 48.5 Å². The van der Waals surface area contributed by atoms with Gasteiger partial charge in [-0.05, 0) is 162 Å². The molecule has 27 nitrogen and oxygen atoms in total. The van der Waals surface area contributed by atoms with Gasteiger partial charge in [0.1, 0.15) is 36.4 Å². The predicted molar refractivity (Wildman–Crippen MR) is 422 cm³/mol. The Labute approximate surface area is 637 Å². The first-order valence-corrected chi connectivity index (χ1v) is 35.8. The van der Waals surface area contributed by atoms with Crippen molar-refractivity contribution >= 4 is 119 Å². The molecule has 0 radical (unpaired) electrons. The fraction of sp³-hybridized carbons (Fsp3) is 0.259. The highest BCUT2D eigenvalue weighted by Gasteiger charge is 2.26. The lowest BCUT2D eigenvalue weighted by molar-refractivity contribution is 0.0931. The molecule has 30 heteroatoms. The average molecular weight is 1500 g/mol. The first-order chi connectivity index (χ1) is 53.7. The topological polar surface area (TPSA) is 248 Å². The van der Waals surface area contributed by atoms with Crippen LogP contribution >= 0.6 is 0 Å². The Balaban J connectivity index is 0.000000146. The fourth-order valence-electron chi connectivity index (χ4n) is 13.8. The van der Waals surface area contributed by atoms with Crippen LogP contribution in [0.15, 0.2) is 146 Å². The van der Waals surface area contributed by atoms with Crippen molar-refractivity contribution in [3.8, 4) is 34.9 Å². The van der Waals surface area contributed by atoms with Crippen molar-refractivity contribution in [3.63, 3.8) is 0 Å². The fourth-order valence-corrected chi connectivity index (χ4v) is 13.8. The van der Waals surface area contributed by atoms with E-state index in [1.165, 1.54) is 71.7 Å². The molecule has 15 rings (SSSR count). The number of anilines is 9. The first kappa shape index (κ1) is 75.8. The highest BCUT2D eigenvalue weighted by atomic mass is 19.1. The summed E-state index contributed by atoms with van der Waals surface area (Å²) in [6.07, 6.45) is 3.78. The minimum Gasteiger partial charge on any atom is -0.446 e. The number of nitrogens with one attached hydrogen (secondary N) is 4. The third-order valence-electron chi connectivity index (χ3n) is 19.4. The number of fused-ring (bicyclic) bond motifs is 3. The molecule has 111 heavy (non-hydrogen) atoms. The van der Waals surface area contributed by atoms with Crippen LogP contribution in [0.3, 0.4) is 0 Å². The molecule has 0 unspecified atom stereocenters. The van der Waals surface area contributed by atoms with E-state index in [0.717, 1.165) is 119 Å². The number of rotatable bonds is 16. The van der Waals surface area contributed by atoms with E-state index in [0.29, 0.717) is 33.6 Å². The molecule has 3 aliphatic heterocycles. The van der Waals surface area contributed by atoms with Gasteiger partial charge < -0.3 is 60.0 Å². The summed E-state index contributed by atoms with van der Waals surface area (Å²) in [5.41, 5.74) is 8.95. The van der Waals surface area contributed by atoms with Crippen LogP contribution in [0.1, 0.15) is 59.2 Å². The average Bonchev–Trinajstić information content (AvgIpc) is 1.58. The minimum absolute atomic E-state index is 0.0284. The summed E-state index contributed by atoms with van der Waals surface area (Å²) in [4.78, 5) is 83.1. The van der Waals surface area contributed by atoms with Gasteiger partial charge in [0.05, 0.1) is 36.3 Å². The zero-order valence-corrected chi connectivity index (χ0v) is 62.2. The van der Waals surface area contributed by atoms with Crippen LogP contribution in [0, 0.1) is 57.9 Å². The molecule has 0 atom stereocenters. The third-order valence-corrected chi connectivity index (χ3v) is 19.4. The van der Waals surface area contributed by atoms with Gasteiger partial charge in [-0.3, -0.25) is 28.1 Å². The molecule has 0 amide bonds. The highest BCUT2D eigenvalue weighted by Crippen LogP contribution is 2.43. The van der Waals surface area contributed by atoms with Crippen molar-refractivity contribution in [3.05, 3.63) is 215 Å². The van der Waals surface area contributed by atoms with Gasteiger partial charge in [-0.1, -0.05) is 6.92 Å². The summed E-state index contributed by atoms with van der Waals surface area (Å²) in [5, 5.41) is 13.5. The Morgan fingerprint density at radius 2 is 0.730 bits per heavy atom. The number of carbonyl (C=O) groups is 3. The first-order valence-electron chi connectivity index (χ1n) is 35.8. The lowest BCUT2D eigenvalue weighted by Gasteiger charge is -2.35. The van der Waals surface area contributed by atoms with Crippen LogP contribution in [0.2, 0.25) is 0 Å². The standard InChI is InChI=1S/C28H28FN7O2.C27H26FN7O2.C26H24FN7O2/c1-5-34-12-14-35(15-13-34)21-8-6-20(7-9-21)33-27-26(30-4)28(32-17-31-27)38-24-11-10-23-22(25(24)29)16-18(2)36(23)19(3)37;1-17-15-21-22(35(17)18(2)36)9-10-23(24(21)28)37-27-25(29-3)26(30-16-31-27)32-19-5-7-20(8-6-19)34-13-11-33(4)12-14-34;1-16-14-20-21(34(16)17(2)35)8-9-22(23(20)27)36-26-24(28-3)25(30-15-31-26)32-18-4-6-19(7-5-18)33-12-10-29-11-13-33/h6-11,16-17H,5,12-15H2,1-3H3,(H,31,32,33);5-10,15-16H,11-14H2,1-2,4H3,(H,30,31,32);4-9,14-15,29H,10-13H2,1-2H3,(H,30,31,32). The van der Waals surface area contributed by atoms with Crippen LogP contribution < -0.4 is 50.2 Å². The van der Waals surface area contributed by atoms with E-state index in [2.05, 4.69) is 104 Å². The van der Waals surface area contributed by atoms with Crippen LogP contribution in [-0.2, 0) is 0 Å². The summed E-state index contributed by atoms with van der Waals surface area (Å²) in [6.45, 7) is 47.6. The molecule has 3 fully saturated rings. The van der Waals surface area contributed by atoms with Crippen LogP contribution in [0.5, 0.6) is 34.9 Å². The van der Waals surface area contributed by atoms with Crippen LogP contribution in [-0.4, -0.2) is 163 Å². The lowest BCUT2D eigenvalue weighted by Crippen LogP contribution is -2.46. The largest absolute Gasteiger partial charge is 0.446 e. The molecule has 3 saturated heterocycles. The second-order valence-corrected chi connectivity index (χ2v) is 26.6. The predicted octanol–water partition coefficient (Wildman–Crippen LogP) is 16.2. The summed E-state index contributed by atoms with van der Waals surface area (Å²) < 4.78 is 67.5. The molecule has 3 aliphatic rings. The van der Waals surface area contributed by atoms with Crippen LogP contribution in [0.4, 0.5) is 81.8 Å². The molecule has 4 N–H and O–H groups in total. The van der Waals surface area contributed by atoms with Crippen molar-refractivity contribution < 1.29 is 41.8 Å². The molecule has 0 saturated carbocycles. The Kier molecular flexibility index (Phi) is 22.8. The Hall–Kier alpha value is -13.5. The van der Waals surface area contributed by atoms with Crippen molar-refractivity contribution in [2.24, 2.45) is 0 Å². The minimum atomic E-state index is -0.636. The van der Waals surface area contributed by atoms with E-state index in [9.17, 15) is 14.4 Å². The zero-order valence-electron chi connectivity index (χ0n) is 62.2. The molecule has 0 spiro atoms. The molecule has 0 bridgehead atoms. The zero-order chi connectivity index (χ0) is 78.1. The summed E-state index contributed by atoms with van der Waals surface area (Å²) in [6, 6.07) is 37.6. The Bertz CT molecular complexity index is 5630. The molecular formula is C81H78F3N21O6. The normalized spacial score (nSPS) is 13.8. The van der Waals surface area contributed by atoms with Gasteiger partial charge in [0, 0.05) is 167 Å². The van der Waals surface area contributed by atoms with Gasteiger partial charge in [-0.25, -0.2) is 57.6 Å². The second kappa shape index (κ2) is 33.3. The maximum Gasteiger partial charge on any atom is 0.288 e. The Morgan fingerprint density at radius 1 is 0.432 bits per heavy atom. The van der Waals surface area contributed by atoms with Gasteiger partial charge in [-0.15, -0.1) is 0 Å². The number of benzene rings is 6. The number of piperazine rings is 3. The van der Waals surface area contributed by atoms with Gasteiger partial charge in [0.2, 0.25) is 35.4 Å². The third kappa shape index (κ3) is 16.4. The van der Waals surface area contributed by atoms with Crippen molar-refractivity contribution in [2.75, 3.05) is 123 Å². The summed E-state index contributed by atoms with van der Waals surface area (Å²) in [5.74, 6) is -2.26. The molecule has 0 aliphatic carbocycles. The van der Waals surface area contributed by atoms with Gasteiger partial charge in [-0.2, -0.15) is 0 Å². The van der Waals surface area contributed by atoms with Gasteiger partial charge in [0.15, 0.2) is 34.7 Å². The molecule has 6 aromatic carbocycles. The SMILES string of the molecule is [C-]#[N+]c1c(Nc2ccc(N3CCN(C)CC3)cc2)ncnc1Oc1ccc2c(cc(C)n2C(C)=O)c1F.[C-]#[N+]c1c(Nc2ccc(N3CCN(CC)CC3)cc2)ncnc1Oc1ccc2c(cc(C)n2C(C)=O)c1F.[C-]#[N+]c1c(Nc2ccc(N3CCNCC3)cc2)ncnc1Oc1ccc2c(cc(C)n2C(C)=O)c1F. The number of carbonyl (C=O) groups excluding carboxylic acids is 3. The number of aromatic nitrogens is 9. The van der Waals surface area contributed by atoms with Gasteiger partial charge >= 0.3 is 0 Å². The van der Waals surface area contributed by atoms with E-state index >= 15 is 13.2 Å². The number of hydrogen-bond acceptors (Lipinski definition) is 21. The quantitative estimate of drug-likeness (QED) is 0.0656. The van der Waals surface area contributed by atoms with Crippen molar-refractivity contribution in [1.82, 2.24) is 58.7 Å². The Morgan fingerprint density at radius 3 is 1.02 bits per heavy atom. The summed E-state index contributed by atoms with van der Waals surface area (Å²) in [7, 11) is 2.12. The van der Waals surface area contributed by atoms with E-state index in [4.69, 9.17) is 33.9 Å². The van der Waals surface area contributed by atoms with E-state index in [1.54, 1.807) is 57.2 Å². The van der Waals surface area contributed by atoms with Crippen LogP contribution in [0.25, 0.3) is 47.2 Å². The van der Waals surface area contributed by atoms with E-state index in [1.807, 2.05) is 72.8 Å². The maximum atomic E-state index is 15.3. The summed E-state index contributed by atoms with van der Waals surface area (Å²) >= 11 is 0.